The summed E-state index contributed by atoms with van der Waals surface area (Å²) >= 11 is 0. The third-order valence-corrected chi connectivity index (χ3v) is 8.91. The first-order valence-corrected chi connectivity index (χ1v) is 10.1. The Morgan fingerprint density at radius 3 is 2.62 bits per heavy atom. The van der Waals surface area contributed by atoms with Crippen molar-refractivity contribution in [3.05, 3.63) is 11.6 Å². The van der Waals surface area contributed by atoms with Crippen LogP contribution in [0.3, 0.4) is 0 Å². The van der Waals surface area contributed by atoms with Gasteiger partial charge in [0.1, 0.15) is 5.60 Å². The van der Waals surface area contributed by atoms with Crippen molar-refractivity contribution in [3.63, 3.8) is 0 Å². The van der Waals surface area contributed by atoms with Gasteiger partial charge >= 0.3 is 0 Å². The summed E-state index contributed by atoms with van der Waals surface area (Å²) in [5.41, 5.74) is -0.833. The number of hydrogen-bond donors (Lipinski definition) is 4. The van der Waals surface area contributed by atoms with Crippen LogP contribution in [-0.2, 0) is 0 Å². The van der Waals surface area contributed by atoms with Gasteiger partial charge in [0.25, 0.3) is 0 Å². The highest BCUT2D eigenvalue weighted by Gasteiger charge is 2.67. The molecule has 0 aromatic carbocycles. The van der Waals surface area contributed by atoms with E-state index in [2.05, 4.69) is 12.8 Å². The fraction of sp³-hybridized carbons (Fsp3) is 0.818. The molecule has 0 spiro atoms. The summed E-state index contributed by atoms with van der Waals surface area (Å²) in [6.45, 7) is 4.19. The van der Waals surface area contributed by atoms with Crippen molar-refractivity contribution >= 4 is 0 Å². The summed E-state index contributed by atoms with van der Waals surface area (Å²) in [6.07, 6.45) is 11.2. The predicted octanol–water partition coefficient (Wildman–Crippen LogP) is 1.86. The van der Waals surface area contributed by atoms with Crippen molar-refractivity contribution in [2.45, 2.75) is 70.2 Å². The summed E-state index contributed by atoms with van der Waals surface area (Å²) in [7, 11) is 0. The van der Waals surface area contributed by atoms with Crippen molar-refractivity contribution in [3.8, 4) is 12.3 Å². The zero-order chi connectivity index (χ0) is 18.9. The first kappa shape index (κ1) is 18.5. The lowest BCUT2D eigenvalue weighted by atomic mass is 9.46. The molecule has 26 heavy (non-hydrogen) atoms. The molecule has 0 aliphatic heterocycles. The fourth-order valence-corrected chi connectivity index (χ4v) is 7.39. The fourth-order valence-electron chi connectivity index (χ4n) is 7.39. The standard InChI is InChI=1S/C22H32O4/c1-4-22(26)13(2)9-17-19-16(6-7-20(17,22)3)21(12-23)8-5-15(24)10-14(21)11-18(19)25/h1,11,13,15-19,23-26H,5-10,12H2,2-3H3/t13-,15-,16?,17?,18?,19?,20+,21-,22+/m1/s1. The van der Waals surface area contributed by atoms with Crippen LogP contribution in [0.2, 0.25) is 0 Å². The lowest BCUT2D eigenvalue weighted by molar-refractivity contribution is -0.137. The van der Waals surface area contributed by atoms with Gasteiger partial charge < -0.3 is 20.4 Å². The molecule has 0 saturated heterocycles. The smallest absolute Gasteiger partial charge is 0.133 e. The first-order valence-electron chi connectivity index (χ1n) is 10.1. The maximum Gasteiger partial charge on any atom is 0.133 e. The van der Waals surface area contributed by atoms with Gasteiger partial charge in [0.2, 0.25) is 0 Å². The molecule has 4 unspecified atom stereocenters. The van der Waals surface area contributed by atoms with Crippen LogP contribution in [0, 0.1) is 46.8 Å². The van der Waals surface area contributed by atoms with Gasteiger partial charge in [-0.15, -0.1) is 6.42 Å². The van der Waals surface area contributed by atoms with Crippen LogP contribution < -0.4 is 0 Å². The van der Waals surface area contributed by atoms with E-state index >= 15 is 0 Å². The molecule has 4 N–H and O–H groups in total. The van der Waals surface area contributed by atoms with Gasteiger partial charge in [-0.2, -0.15) is 0 Å². The average molecular weight is 360 g/mol. The van der Waals surface area contributed by atoms with E-state index in [1.54, 1.807) is 0 Å². The Labute approximate surface area is 156 Å². The second kappa shape index (κ2) is 5.82. The molecule has 0 radical (unpaired) electrons. The highest BCUT2D eigenvalue weighted by Crippen LogP contribution is 2.68. The maximum absolute atomic E-state index is 11.3. The minimum Gasteiger partial charge on any atom is -0.395 e. The van der Waals surface area contributed by atoms with Crippen LogP contribution in [0.5, 0.6) is 0 Å². The number of terminal acetylenes is 1. The second-order valence-electron chi connectivity index (χ2n) is 9.69. The number of hydrogen-bond acceptors (Lipinski definition) is 4. The van der Waals surface area contributed by atoms with Crippen LogP contribution in [0.1, 0.15) is 52.4 Å². The summed E-state index contributed by atoms with van der Waals surface area (Å²) in [4.78, 5) is 0. The predicted molar refractivity (Wildman–Crippen MR) is 98.8 cm³/mol. The van der Waals surface area contributed by atoms with Gasteiger partial charge in [0.15, 0.2) is 0 Å². The maximum atomic E-state index is 11.3. The second-order valence-corrected chi connectivity index (χ2v) is 9.69. The topological polar surface area (TPSA) is 80.9 Å². The monoisotopic (exact) mass is 360 g/mol. The quantitative estimate of drug-likeness (QED) is 0.425. The van der Waals surface area contributed by atoms with Gasteiger partial charge in [-0.3, -0.25) is 0 Å². The number of fused-ring (bicyclic) bond motifs is 5. The van der Waals surface area contributed by atoms with Gasteiger partial charge in [-0.25, -0.2) is 0 Å². The zero-order valence-corrected chi connectivity index (χ0v) is 15.9. The molecule has 9 atom stereocenters. The summed E-state index contributed by atoms with van der Waals surface area (Å²) < 4.78 is 0. The van der Waals surface area contributed by atoms with Gasteiger partial charge in [0.05, 0.1) is 18.8 Å². The van der Waals surface area contributed by atoms with E-state index in [1.165, 1.54) is 0 Å². The third-order valence-electron chi connectivity index (χ3n) is 8.91. The van der Waals surface area contributed by atoms with Crippen molar-refractivity contribution < 1.29 is 20.4 Å². The Hall–Kier alpha value is -0.860. The van der Waals surface area contributed by atoms with Crippen LogP contribution in [0.15, 0.2) is 11.6 Å². The van der Waals surface area contributed by atoms with Crippen molar-refractivity contribution in [1.29, 1.82) is 0 Å². The Morgan fingerprint density at radius 2 is 1.96 bits per heavy atom. The van der Waals surface area contributed by atoms with E-state index in [0.29, 0.717) is 12.8 Å². The summed E-state index contributed by atoms with van der Waals surface area (Å²) in [5, 5.41) is 42.8. The Morgan fingerprint density at radius 1 is 1.23 bits per heavy atom. The minimum atomic E-state index is -1.14. The Kier molecular flexibility index (Phi) is 4.14. The Balaban J connectivity index is 1.79. The number of rotatable bonds is 1. The molecule has 0 bridgehead atoms. The highest BCUT2D eigenvalue weighted by atomic mass is 16.3. The van der Waals surface area contributed by atoms with Crippen LogP contribution in [0.4, 0.5) is 0 Å². The molecule has 4 nitrogen and oxygen atoms in total. The molecule has 3 saturated carbocycles. The highest BCUT2D eigenvalue weighted by molar-refractivity contribution is 5.32. The molecule has 4 rings (SSSR count). The molecule has 4 aliphatic carbocycles. The van der Waals surface area contributed by atoms with E-state index < -0.39 is 17.1 Å². The lowest BCUT2D eigenvalue weighted by Gasteiger charge is -2.60. The van der Waals surface area contributed by atoms with Crippen molar-refractivity contribution in [2.75, 3.05) is 6.61 Å². The third kappa shape index (κ3) is 2.06. The van der Waals surface area contributed by atoms with Crippen LogP contribution in [0.25, 0.3) is 0 Å². The molecule has 4 aliphatic rings. The molecule has 144 valence electrons. The van der Waals surface area contributed by atoms with E-state index in [4.69, 9.17) is 6.42 Å². The van der Waals surface area contributed by atoms with Crippen molar-refractivity contribution in [1.82, 2.24) is 0 Å². The van der Waals surface area contributed by atoms with Gasteiger partial charge in [-0.1, -0.05) is 31.4 Å². The number of aliphatic hydroxyl groups excluding tert-OH is 3. The SMILES string of the molecule is C#C[C@]1(O)[C@H](C)CC2C3C(O)C=C4C[C@H](O)CC[C@]4(CO)C3CC[C@@]21C. The zero-order valence-electron chi connectivity index (χ0n) is 15.9. The van der Waals surface area contributed by atoms with E-state index in [1.807, 2.05) is 13.0 Å². The largest absolute Gasteiger partial charge is 0.395 e. The molecule has 0 heterocycles. The van der Waals surface area contributed by atoms with Crippen LogP contribution >= 0.6 is 0 Å². The average Bonchev–Trinajstić information content (AvgIpc) is 2.82. The van der Waals surface area contributed by atoms with Gasteiger partial charge in [-0.05, 0) is 62.2 Å². The Bertz CT molecular complexity index is 666. The van der Waals surface area contributed by atoms with Crippen LogP contribution in [-0.4, -0.2) is 44.8 Å². The summed E-state index contributed by atoms with van der Waals surface area (Å²) in [5.74, 6) is 3.02. The molecular weight excluding hydrogens is 328 g/mol. The summed E-state index contributed by atoms with van der Waals surface area (Å²) in [6, 6.07) is 0. The van der Waals surface area contributed by atoms with E-state index in [9.17, 15) is 20.4 Å². The number of aliphatic hydroxyl groups is 4. The van der Waals surface area contributed by atoms with E-state index in [0.717, 1.165) is 31.3 Å². The lowest BCUT2D eigenvalue weighted by Crippen LogP contribution is -2.59. The molecule has 4 heteroatoms. The molecule has 3 fully saturated rings. The first-order chi connectivity index (χ1) is 12.2. The normalized spacial score (nSPS) is 56.0. The molecule has 0 amide bonds. The molecule has 0 aromatic rings. The van der Waals surface area contributed by atoms with Gasteiger partial charge in [0, 0.05) is 10.8 Å². The minimum absolute atomic E-state index is 0.00270. The molecular formula is C22H32O4. The van der Waals surface area contributed by atoms with E-state index in [-0.39, 0.29) is 41.8 Å². The van der Waals surface area contributed by atoms with Crippen molar-refractivity contribution in [2.24, 2.45) is 34.5 Å². The molecule has 0 aromatic heterocycles.